The molecule has 0 radical (unpaired) electrons. The van der Waals surface area contributed by atoms with Gasteiger partial charge in [0.2, 0.25) is 0 Å². The summed E-state index contributed by atoms with van der Waals surface area (Å²) in [6, 6.07) is 17.5. The largest absolute Gasteiger partial charge is 0.360 e. The molecule has 1 atom stereocenters. The van der Waals surface area contributed by atoms with Crippen LogP contribution in [0.25, 0.3) is 5.70 Å². The lowest BCUT2D eigenvalue weighted by atomic mass is 9.92. The Bertz CT molecular complexity index is 1030. The van der Waals surface area contributed by atoms with Gasteiger partial charge in [-0.25, -0.2) is 0 Å². The number of hydrogen-bond donors (Lipinski definition) is 1. The third-order valence-electron chi connectivity index (χ3n) is 6.52. The minimum absolute atomic E-state index is 0.00880. The van der Waals surface area contributed by atoms with Crippen molar-refractivity contribution in [3.05, 3.63) is 100 Å². The van der Waals surface area contributed by atoms with E-state index >= 15 is 0 Å². The number of aliphatic imine (C=N–C) groups is 1. The average molecular weight is 425 g/mol. The Balaban J connectivity index is 1.58. The van der Waals surface area contributed by atoms with Gasteiger partial charge in [0.15, 0.2) is 0 Å². The lowest BCUT2D eigenvalue weighted by Crippen LogP contribution is -2.33. The molecule has 2 nitrogen and oxygen atoms in total. The second-order valence-electron chi connectivity index (χ2n) is 9.23. The third kappa shape index (κ3) is 5.68. The van der Waals surface area contributed by atoms with E-state index in [2.05, 4.69) is 92.8 Å². The number of allylic oxidation sites excluding steroid dienone is 4. The van der Waals surface area contributed by atoms with Gasteiger partial charge in [-0.1, -0.05) is 104 Å². The maximum atomic E-state index is 5.14. The molecule has 0 saturated carbocycles. The quantitative estimate of drug-likeness (QED) is 0.432. The molecule has 0 saturated heterocycles. The fourth-order valence-electron chi connectivity index (χ4n) is 4.40. The van der Waals surface area contributed by atoms with Crippen LogP contribution in [-0.4, -0.2) is 11.9 Å². The molecule has 0 amide bonds. The zero-order valence-corrected chi connectivity index (χ0v) is 19.8. The highest BCUT2D eigenvalue weighted by atomic mass is 15.1. The summed E-state index contributed by atoms with van der Waals surface area (Å²) in [5.74, 6) is 0. The highest BCUT2D eigenvalue weighted by Gasteiger charge is 2.22. The normalized spacial score (nSPS) is 18.3. The van der Waals surface area contributed by atoms with E-state index in [1.54, 1.807) is 5.57 Å². The first kappa shape index (κ1) is 22.3. The summed E-state index contributed by atoms with van der Waals surface area (Å²) in [7, 11) is 0. The van der Waals surface area contributed by atoms with Crippen molar-refractivity contribution < 1.29 is 0 Å². The zero-order valence-electron chi connectivity index (χ0n) is 19.8. The molecule has 1 aliphatic carbocycles. The highest BCUT2D eigenvalue weighted by molar-refractivity contribution is 6.13. The van der Waals surface area contributed by atoms with Crippen molar-refractivity contribution in [3.8, 4) is 0 Å². The van der Waals surface area contributed by atoms with Crippen molar-refractivity contribution in [1.82, 2.24) is 5.32 Å². The molecule has 2 aromatic rings. The number of nitrogens with zero attached hydrogens (tertiary/aromatic N) is 1. The van der Waals surface area contributed by atoms with Crippen LogP contribution in [0.4, 0.5) is 0 Å². The molecule has 0 aromatic heterocycles. The van der Waals surface area contributed by atoms with Crippen LogP contribution in [0.5, 0.6) is 0 Å². The lowest BCUT2D eigenvalue weighted by molar-refractivity contribution is 0.631. The van der Waals surface area contributed by atoms with Gasteiger partial charge in [0.05, 0.1) is 5.71 Å². The van der Waals surface area contributed by atoms with E-state index in [1.165, 1.54) is 59.9 Å². The predicted octanol–water partition coefficient (Wildman–Crippen LogP) is 7.68. The van der Waals surface area contributed by atoms with Crippen LogP contribution in [0, 0.1) is 13.8 Å². The highest BCUT2D eigenvalue weighted by Crippen LogP contribution is 2.29. The second kappa shape index (κ2) is 10.6. The summed E-state index contributed by atoms with van der Waals surface area (Å²) in [5, 5.41) is 3.72. The summed E-state index contributed by atoms with van der Waals surface area (Å²) < 4.78 is 0. The monoisotopic (exact) mass is 424 g/mol. The van der Waals surface area contributed by atoms with Gasteiger partial charge in [-0.3, -0.25) is 4.99 Å². The number of nitrogens with one attached hydrogen (secondary N) is 1. The number of unbranched alkanes of at least 4 members (excludes halogenated alkanes) is 3. The van der Waals surface area contributed by atoms with Crippen molar-refractivity contribution in [3.63, 3.8) is 0 Å². The van der Waals surface area contributed by atoms with E-state index in [9.17, 15) is 0 Å². The summed E-state index contributed by atoms with van der Waals surface area (Å²) in [4.78, 5) is 5.14. The Hall–Kier alpha value is -2.87. The average Bonchev–Trinajstić information content (AvgIpc) is 2.83. The van der Waals surface area contributed by atoms with Crippen molar-refractivity contribution in [2.24, 2.45) is 4.99 Å². The fourth-order valence-corrected chi connectivity index (χ4v) is 4.40. The van der Waals surface area contributed by atoms with Gasteiger partial charge in [-0.05, 0) is 62.3 Å². The minimum Gasteiger partial charge on any atom is -0.360 e. The lowest BCUT2D eigenvalue weighted by Gasteiger charge is -2.28. The van der Waals surface area contributed by atoms with Crippen LogP contribution in [-0.2, 0) is 0 Å². The van der Waals surface area contributed by atoms with Crippen LogP contribution in [0.1, 0.15) is 74.1 Å². The first-order valence-corrected chi connectivity index (χ1v) is 12.2. The molecule has 2 aromatic carbocycles. The molecule has 166 valence electrons. The number of hydrogen-bond acceptors (Lipinski definition) is 2. The minimum atomic E-state index is -0.00880. The summed E-state index contributed by atoms with van der Waals surface area (Å²) in [5.41, 5.74) is 10.1. The molecular formula is C30H36N2. The van der Waals surface area contributed by atoms with Crippen molar-refractivity contribution in [2.75, 3.05) is 0 Å². The second-order valence-corrected chi connectivity index (χ2v) is 9.23. The van der Waals surface area contributed by atoms with Gasteiger partial charge < -0.3 is 5.32 Å². The van der Waals surface area contributed by atoms with Gasteiger partial charge in [0, 0.05) is 5.70 Å². The Morgan fingerprint density at radius 3 is 2.12 bits per heavy atom. The van der Waals surface area contributed by atoms with Crippen molar-refractivity contribution >= 4 is 11.4 Å². The van der Waals surface area contributed by atoms with E-state index in [1.807, 2.05) is 0 Å². The Morgan fingerprint density at radius 1 is 0.812 bits per heavy atom. The topological polar surface area (TPSA) is 24.4 Å². The number of aryl methyl sites for hydroxylation is 2. The van der Waals surface area contributed by atoms with Crippen molar-refractivity contribution in [1.29, 1.82) is 0 Å². The van der Waals surface area contributed by atoms with Gasteiger partial charge in [0.25, 0.3) is 0 Å². The third-order valence-corrected chi connectivity index (χ3v) is 6.52. The van der Waals surface area contributed by atoms with E-state index in [4.69, 9.17) is 4.99 Å². The smallest absolute Gasteiger partial charge is 0.141 e. The molecule has 0 bridgehead atoms. The molecule has 2 heteroatoms. The standard InChI is InChI=1S/C30H36N2/c1-4-5-6-7-8-24-13-19-27(20-14-24)30-31-28(25-15-9-22(2)10-16-25)21-29(32-30)26-17-11-23(3)12-18-26/h9-13,15-19,21,30-31H,4-8,14,20H2,1-3H3. The van der Waals surface area contributed by atoms with E-state index in [-0.39, 0.29) is 6.17 Å². The molecule has 1 N–H and O–H groups in total. The van der Waals surface area contributed by atoms with E-state index < -0.39 is 0 Å². The summed E-state index contributed by atoms with van der Waals surface area (Å²) in [6.45, 7) is 6.54. The molecule has 4 rings (SSSR count). The van der Waals surface area contributed by atoms with Crippen LogP contribution in [0.2, 0.25) is 0 Å². The molecule has 1 unspecified atom stereocenters. The first-order chi connectivity index (χ1) is 15.6. The van der Waals surface area contributed by atoms with Crippen LogP contribution < -0.4 is 5.32 Å². The SMILES string of the molecule is CCCCCCC1=CC=C(C2N=C(c3ccc(C)cc3)C=C(c3ccc(C)cc3)N2)CC1. The maximum Gasteiger partial charge on any atom is 0.141 e. The first-order valence-electron chi connectivity index (χ1n) is 12.2. The Morgan fingerprint density at radius 2 is 1.50 bits per heavy atom. The molecule has 2 aliphatic rings. The predicted molar refractivity (Wildman–Crippen MR) is 138 cm³/mol. The number of benzene rings is 2. The fraction of sp³-hybridized carbons (Fsp3) is 0.367. The molecule has 32 heavy (non-hydrogen) atoms. The summed E-state index contributed by atoms with van der Waals surface area (Å²) >= 11 is 0. The van der Waals surface area contributed by atoms with E-state index in [0.717, 1.165) is 24.3 Å². The maximum absolute atomic E-state index is 5.14. The zero-order chi connectivity index (χ0) is 22.3. The molecule has 0 fully saturated rings. The van der Waals surface area contributed by atoms with Crippen molar-refractivity contribution in [2.45, 2.75) is 71.9 Å². The van der Waals surface area contributed by atoms with Crippen LogP contribution in [0.3, 0.4) is 0 Å². The van der Waals surface area contributed by atoms with Gasteiger partial charge in [-0.15, -0.1) is 0 Å². The number of rotatable bonds is 8. The van der Waals surface area contributed by atoms with Gasteiger partial charge in [-0.2, -0.15) is 0 Å². The van der Waals surface area contributed by atoms with Gasteiger partial charge >= 0.3 is 0 Å². The Labute approximate surface area is 193 Å². The Kier molecular flexibility index (Phi) is 7.42. The van der Waals surface area contributed by atoms with Crippen LogP contribution in [0.15, 0.2) is 82.9 Å². The van der Waals surface area contributed by atoms with Crippen LogP contribution >= 0.6 is 0 Å². The van der Waals surface area contributed by atoms with E-state index in [0.29, 0.717) is 0 Å². The van der Waals surface area contributed by atoms with Gasteiger partial charge in [0.1, 0.15) is 6.17 Å². The molecule has 0 spiro atoms. The molecular weight excluding hydrogens is 388 g/mol. The summed E-state index contributed by atoms with van der Waals surface area (Å²) in [6.07, 6.45) is 15.7. The molecule has 1 heterocycles. The molecule has 1 aliphatic heterocycles.